The van der Waals surface area contributed by atoms with E-state index in [1.807, 2.05) is 42.3 Å². The topological polar surface area (TPSA) is 45.2 Å². The van der Waals surface area contributed by atoms with Crippen LogP contribution in [0.3, 0.4) is 0 Å². The maximum absolute atomic E-state index is 12.9. The number of rotatable bonds is 2. The summed E-state index contributed by atoms with van der Waals surface area (Å²) in [6.45, 7) is 0. The number of fused-ring (bicyclic) bond motifs is 3. The van der Waals surface area contributed by atoms with Crippen molar-refractivity contribution >= 4 is 41.5 Å². The van der Waals surface area contributed by atoms with E-state index in [-0.39, 0.29) is 30.7 Å². The predicted molar refractivity (Wildman–Crippen MR) is 101 cm³/mol. The lowest BCUT2D eigenvalue weighted by atomic mass is 9.98. The molecule has 4 rings (SSSR count). The molecule has 3 heterocycles. The van der Waals surface area contributed by atoms with Gasteiger partial charge >= 0.3 is 0 Å². The summed E-state index contributed by atoms with van der Waals surface area (Å²) in [5.41, 5.74) is 0.575. The molecule has 0 radical (unpaired) electrons. The zero-order valence-electron chi connectivity index (χ0n) is 13.6. The molecule has 1 amide bonds. The van der Waals surface area contributed by atoms with E-state index in [4.69, 9.17) is 0 Å². The van der Waals surface area contributed by atoms with E-state index in [0.29, 0.717) is 23.8 Å². The first-order chi connectivity index (χ1) is 10.7. The molecule has 2 aromatic rings. The van der Waals surface area contributed by atoms with Crippen molar-refractivity contribution in [2.75, 3.05) is 7.05 Å². The fourth-order valence-corrected chi connectivity index (χ4v) is 3.97. The van der Waals surface area contributed by atoms with Crippen LogP contribution in [0.4, 0.5) is 0 Å². The maximum Gasteiger partial charge on any atom is 0.273 e. The Morgan fingerprint density at radius 2 is 1.79 bits per heavy atom. The number of nitrogens with zero attached hydrogens (tertiary/aromatic N) is 2. The highest BCUT2D eigenvalue weighted by Gasteiger charge is 2.36. The van der Waals surface area contributed by atoms with Crippen molar-refractivity contribution in [3.05, 3.63) is 42.2 Å². The molecule has 2 aliphatic heterocycles. The summed E-state index contributed by atoms with van der Waals surface area (Å²) < 4.78 is 0. The number of aromatic nitrogens is 1. The summed E-state index contributed by atoms with van der Waals surface area (Å²) >= 11 is 0. The Hall–Kier alpha value is -1.36. The van der Waals surface area contributed by atoms with Gasteiger partial charge in [-0.3, -0.25) is 9.78 Å². The van der Waals surface area contributed by atoms with Crippen LogP contribution in [0.15, 0.2) is 36.5 Å². The monoisotopic (exact) mass is 367 g/mol. The average Bonchev–Trinajstić information content (AvgIpc) is 2.91. The molecule has 2 saturated heterocycles. The van der Waals surface area contributed by atoms with Crippen LogP contribution in [-0.4, -0.2) is 41.0 Å². The van der Waals surface area contributed by atoms with Crippen molar-refractivity contribution in [3.8, 4) is 0 Å². The van der Waals surface area contributed by atoms with Gasteiger partial charge in [0.25, 0.3) is 5.91 Å². The fraction of sp³-hybridized carbons (Fsp3) is 0.444. The lowest BCUT2D eigenvalue weighted by molar-refractivity contribution is 0.0678. The van der Waals surface area contributed by atoms with E-state index in [1.165, 1.54) is 12.8 Å². The summed E-state index contributed by atoms with van der Waals surface area (Å²) in [6.07, 6.45) is 6.34. The van der Waals surface area contributed by atoms with Crippen LogP contribution >= 0.6 is 24.8 Å². The summed E-state index contributed by atoms with van der Waals surface area (Å²) in [6, 6.07) is 11.4. The van der Waals surface area contributed by atoms with Crippen molar-refractivity contribution < 1.29 is 4.79 Å². The summed E-state index contributed by atoms with van der Waals surface area (Å²) in [5, 5.41) is 5.64. The van der Waals surface area contributed by atoms with E-state index in [0.717, 1.165) is 23.6 Å². The normalized spacial score (nSPS) is 24.8. The fourth-order valence-electron chi connectivity index (χ4n) is 3.97. The van der Waals surface area contributed by atoms with E-state index >= 15 is 0 Å². The van der Waals surface area contributed by atoms with Gasteiger partial charge in [-0.1, -0.05) is 24.3 Å². The molecular weight excluding hydrogens is 345 g/mol. The van der Waals surface area contributed by atoms with Gasteiger partial charge in [0.15, 0.2) is 0 Å². The van der Waals surface area contributed by atoms with Gasteiger partial charge in [-0.15, -0.1) is 24.8 Å². The standard InChI is InChI=1S/C18H21N3O.2ClH/c1-21(15-10-13-6-7-14(11-15)20-13)18(22)17-16-5-3-2-4-12(16)8-9-19-17;;/h2-5,8-9,13-15,20H,6-7,10-11H2,1H3;2*1H. The van der Waals surface area contributed by atoms with Crippen LogP contribution in [0.2, 0.25) is 0 Å². The number of pyridine rings is 1. The Labute approximate surface area is 154 Å². The molecule has 0 spiro atoms. The Kier molecular flexibility index (Phi) is 6.07. The minimum absolute atomic E-state index is 0. The van der Waals surface area contributed by atoms with Crippen LogP contribution in [0.25, 0.3) is 10.8 Å². The van der Waals surface area contributed by atoms with Gasteiger partial charge in [0.2, 0.25) is 0 Å². The molecule has 1 aromatic heterocycles. The SMILES string of the molecule is CN(C(=O)c1nccc2ccccc12)C1CC2CCC(C1)N2.Cl.Cl. The van der Waals surface area contributed by atoms with Crippen molar-refractivity contribution in [2.45, 2.75) is 43.8 Å². The summed E-state index contributed by atoms with van der Waals surface area (Å²) in [4.78, 5) is 19.2. The maximum atomic E-state index is 12.9. The number of carbonyl (C=O) groups is 1. The van der Waals surface area contributed by atoms with Crippen LogP contribution in [0.1, 0.15) is 36.2 Å². The molecule has 2 bridgehead atoms. The number of amides is 1. The molecule has 2 unspecified atom stereocenters. The zero-order valence-corrected chi connectivity index (χ0v) is 15.3. The predicted octanol–water partition coefficient (Wildman–Crippen LogP) is 3.43. The van der Waals surface area contributed by atoms with Gasteiger partial charge in [-0.2, -0.15) is 0 Å². The third-order valence-electron chi connectivity index (χ3n) is 5.19. The van der Waals surface area contributed by atoms with Crippen molar-refractivity contribution in [1.29, 1.82) is 0 Å². The number of hydrogen-bond donors (Lipinski definition) is 1. The smallest absolute Gasteiger partial charge is 0.273 e. The molecule has 2 aliphatic rings. The minimum atomic E-state index is 0. The van der Waals surface area contributed by atoms with Gasteiger partial charge in [0, 0.05) is 36.8 Å². The average molecular weight is 368 g/mol. The first-order valence-electron chi connectivity index (χ1n) is 8.09. The highest BCUT2D eigenvalue weighted by atomic mass is 35.5. The lowest BCUT2D eigenvalue weighted by Crippen LogP contribution is -2.48. The Morgan fingerprint density at radius 1 is 1.12 bits per heavy atom. The molecule has 1 N–H and O–H groups in total. The number of hydrogen-bond acceptors (Lipinski definition) is 3. The molecule has 1 aromatic carbocycles. The van der Waals surface area contributed by atoms with Crippen molar-refractivity contribution in [2.24, 2.45) is 0 Å². The second-order valence-electron chi connectivity index (χ2n) is 6.56. The van der Waals surface area contributed by atoms with Gasteiger partial charge in [-0.05, 0) is 37.1 Å². The Morgan fingerprint density at radius 3 is 2.50 bits per heavy atom. The number of benzene rings is 1. The van der Waals surface area contributed by atoms with E-state index in [9.17, 15) is 4.79 Å². The van der Waals surface area contributed by atoms with Gasteiger partial charge in [-0.25, -0.2) is 0 Å². The lowest BCUT2D eigenvalue weighted by Gasteiger charge is -2.35. The van der Waals surface area contributed by atoms with Crippen molar-refractivity contribution in [3.63, 3.8) is 0 Å². The first-order valence-corrected chi connectivity index (χ1v) is 8.09. The quantitative estimate of drug-likeness (QED) is 0.883. The van der Waals surface area contributed by atoms with Crippen LogP contribution in [0, 0.1) is 0 Å². The van der Waals surface area contributed by atoms with E-state index in [2.05, 4.69) is 10.3 Å². The van der Waals surface area contributed by atoms with Crippen LogP contribution in [-0.2, 0) is 0 Å². The number of halogens is 2. The second-order valence-corrected chi connectivity index (χ2v) is 6.56. The van der Waals surface area contributed by atoms with Crippen molar-refractivity contribution in [1.82, 2.24) is 15.2 Å². The number of piperidine rings is 1. The third kappa shape index (κ3) is 3.37. The van der Waals surface area contributed by atoms with E-state index < -0.39 is 0 Å². The van der Waals surface area contributed by atoms with Gasteiger partial charge < -0.3 is 10.2 Å². The highest BCUT2D eigenvalue weighted by Crippen LogP contribution is 2.30. The van der Waals surface area contributed by atoms with Gasteiger partial charge in [0.05, 0.1) is 0 Å². The molecule has 130 valence electrons. The third-order valence-corrected chi connectivity index (χ3v) is 5.19. The highest BCUT2D eigenvalue weighted by molar-refractivity contribution is 6.05. The van der Waals surface area contributed by atoms with Gasteiger partial charge in [0.1, 0.15) is 5.69 Å². The first kappa shape index (κ1) is 19.0. The largest absolute Gasteiger partial charge is 0.337 e. The number of carbonyl (C=O) groups excluding carboxylic acids is 1. The summed E-state index contributed by atoms with van der Waals surface area (Å²) in [7, 11) is 1.93. The Bertz CT molecular complexity index is 707. The minimum Gasteiger partial charge on any atom is -0.337 e. The molecule has 0 aliphatic carbocycles. The molecule has 24 heavy (non-hydrogen) atoms. The zero-order chi connectivity index (χ0) is 15.1. The molecule has 2 fully saturated rings. The summed E-state index contributed by atoms with van der Waals surface area (Å²) in [5.74, 6) is 0.0445. The molecular formula is C18H23Cl2N3O. The molecule has 6 heteroatoms. The van der Waals surface area contributed by atoms with E-state index in [1.54, 1.807) is 6.20 Å². The Balaban J connectivity index is 0.00000104. The number of nitrogens with one attached hydrogen (secondary N) is 1. The molecule has 2 atom stereocenters. The van der Waals surface area contributed by atoms with Crippen LogP contribution in [0.5, 0.6) is 0 Å². The molecule has 0 saturated carbocycles. The molecule has 4 nitrogen and oxygen atoms in total. The second kappa shape index (κ2) is 7.68. The van der Waals surface area contributed by atoms with Crippen LogP contribution < -0.4 is 5.32 Å².